The van der Waals surface area contributed by atoms with Gasteiger partial charge in [0.1, 0.15) is 17.3 Å². The number of likely N-dealkylation sites (tertiary alicyclic amines) is 1. The van der Waals surface area contributed by atoms with Gasteiger partial charge in [-0.15, -0.1) is 0 Å². The number of benzene rings is 1. The van der Waals surface area contributed by atoms with Crippen LogP contribution >= 0.6 is 0 Å². The molecular formula is C22H29N3O3. The molecule has 0 unspecified atom stereocenters. The Morgan fingerprint density at radius 3 is 2.61 bits per heavy atom. The molecule has 1 atom stereocenters. The summed E-state index contributed by atoms with van der Waals surface area (Å²) in [6, 6.07) is 0. The molecule has 0 bridgehead atoms. The molecule has 0 spiro atoms. The third-order valence-corrected chi connectivity index (χ3v) is 6.66. The van der Waals surface area contributed by atoms with E-state index in [2.05, 4.69) is 9.97 Å². The molecule has 1 aromatic carbocycles. The zero-order chi connectivity index (χ0) is 20.1. The van der Waals surface area contributed by atoms with Gasteiger partial charge in [0.15, 0.2) is 5.60 Å². The first-order valence-electron chi connectivity index (χ1n) is 10.1. The van der Waals surface area contributed by atoms with E-state index < -0.39 is 5.60 Å². The van der Waals surface area contributed by atoms with Gasteiger partial charge in [0, 0.05) is 43.4 Å². The number of nitrogens with one attached hydrogen (secondary N) is 1. The molecule has 1 aromatic heterocycles. The molecule has 1 saturated heterocycles. The molecule has 6 heteroatoms. The lowest BCUT2D eigenvalue weighted by molar-refractivity contribution is -0.149. The first-order chi connectivity index (χ1) is 13.3. The predicted octanol–water partition coefficient (Wildman–Crippen LogP) is 3.53. The maximum Gasteiger partial charge on any atom is 0.266 e. The average Bonchev–Trinajstić information content (AvgIpc) is 3.25. The fourth-order valence-electron chi connectivity index (χ4n) is 4.59. The minimum Gasteiger partial charge on any atom is -0.507 e. The van der Waals surface area contributed by atoms with E-state index in [-0.39, 0.29) is 5.91 Å². The maximum atomic E-state index is 13.4. The Morgan fingerprint density at radius 2 is 1.96 bits per heavy atom. The van der Waals surface area contributed by atoms with Crippen molar-refractivity contribution < 1.29 is 14.6 Å². The van der Waals surface area contributed by atoms with E-state index >= 15 is 0 Å². The molecule has 0 radical (unpaired) electrons. The van der Waals surface area contributed by atoms with Gasteiger partial charge in [-0.2, -0.15) is 0 Å². The van der Waals surface area contributed by atoms with E-state index in [0.717, 1.165) is 66.2 Å². The van der Waals surface area contributed by atoms with Crippen molar-refractivity contribution in [1.29, 1.82) is 0 Å². The molecule has 150 valence electrons. The quantitative estimate of drug-likeness (QED) is 0.832. The van der Waals surface area contributed by atoms with Crippen molar-refractivity contribution in [2.75, 3.05) is 13.1 Å². The number of hydrogen-bond donors (Lipinski definition) is 2. The number of amides is 1. The highest BCUT2D eigenvalue weighted by Crippen LogP contribution is 2.44. The van der Waals surface area contributed by atoms with Crippen LogP contribution in [-0.2, 0) is 11.2 Å². The van der Waals surface area contributed by atoms with Gasteiger partial charge < -0.3 is 19.7 Å². The van der Waals surface area contributed by atoms with E-state index in [1.54, 1.807) is 6.20 Å². The number of carbonyl (C=O) groups excluding carboxylic acids is 1. The molecule has 28 heavy (non-hydrogen) atoms. The second kappa shape index (κ2) is 6.83. The number of aromatic hydroxyl groups is 1. The number of aromatic nitrogens is 2. The van der Waals surface area contributed by atoms with Crippen LogP contribution in [0.25, 0.3) is 0 Å². The van der Waals surface area contributed by atoms with E-state index in [1.807, 2.05) is 38.8 Å². The van der Waals surface area contributed by atoms with Gasteiger partial charge in [0.25, 0.3) is 5.91 Å². The highest BCUT2D eigenvalue weighted by Gasteiger charge is 2.44. The van der Waals surface area contributed by atoms with Crippen LogP contribution in [0.4, 0.5) is 0 Å². The average molecular weight is 383 g/mol. The number of phenols is 1. The van der Waals surface area contributed by atoms with Gasteiger partial charge in [-0.1, -0.05) is 0 Å². The van der Waals surface area contributed by atoms with Crippen molar-refractivity contribution in [3.8, 4) is 11.5 Å². The summed E-state index contributed by atoms with van der Waals surface area (Å²) in [6.45, 7) is 9.14. The number of ether oxygens (including phenoxy) is 1. The predicted molar refractivity (Wildman–Crippen MR) is 107 cm³/mol. The van der Waals surface area contributed by atoms with Crippen LogP contribution < -0.4 is 4.74 Å². The zero-order valence-corrected chi connectivity index (χ0v) is 17.1. The number of imidazole rings is 1. The zero-order valence-electron chi connectivity index (χ0n) is 17.1. The van der Waals surface area contributed by atoms with Crippen molar-refractivity contribution in [2.24, 2.45) is 0 Å². The maximum absolute atomic E-state index is 13.4. The number of rotatable bonds is 2. The van der Waals surface area contributed by atoms with Crippen LogP contribution in [0.1, 0.15) is 60.2 Å². The Labute approximate surface area is 165 Å². The summed E-state index contributed by atoms with van der Waals surface area (Å²) in [5, 5.41) is 10.4. The number of phenolic OH excluding ortho intramolecular Hbond substituents is 1. The van der Waals surface area contributed by atoms with Crippen molar-refractivity contribution in [1.82, 2.24) is 14.9 Å². The molecule has 2 N–H and O–H groups in total. The van der Waals surface area contributed by atoms with Gasteiger partial charge in [-0.05, 0) is 63.6 Å². The fourth-order valence-corrected chi connectivity index (χ4v) is 4.59. The number of fused-ring (bicyclic) bond motifs is 1. The largest absolute Gasteiger partial charge is 0.507 e. The monoisotopic (exact) mass is 383 g/mol. The van der Waals surface area contributed by atoms with E-state index in [1.165, 1.54) is 0 Å². The third kappa shape index (κ3) is 2.95. The fraction of sp³-hybridized carbons (Fsp3) is 0.545. The Kier molecular flexibility index (Phi) is 4.60. The second-order valence-corrected chi connectivity index (χ2v) is 8.41. The van der Waals surface area contributed by atoms with Gasteiger partial charge in [0.2, 0.25) is 0 Å². The SMILES string of the molecule is Cc1c(C)c2c(c(C)c1O)CC[C@](C)(C(=O)N1CCC(c3ncc[nH]3)CC1)O2. The standard InChI is InChI=1S/C22H29N3O3/c1-13-14(2)19-17(15(3)18(13)26)5-8-22(4,28-19)21(27)25-11-6-16(7-12-25)20-23-9-10-24-20/h9-10,16,26H,5-8,11-12H2,1-4H3,(H,23,24)/t22-/m1/s1. The summed E-state index contributed by atoms with van der Waals surface area (Å²) in [7, 11) is 0. The van der Waals surface area contributed by atoms with E-state index in [0.29, 0.717) is 18.1 Å². The lowest BCUT2D eigenvalue weighted by Gasteiger charge is -2.41. The summed E-state index contributed by atoms with van der Waals surface area (Å²) in [4.78, 5) is 22.9. The second-order valence-electron chi connectivity index (χ2n) is 8.41. The minimum absolute atomic E-state index is 0.0684. The molecule has 2 aliphatic heterocycles. The van der Waals surface area contributed by atoms with E-state index in [9.17, 15) is 9.90 Å². The van der Waals surface area contributed by atoms with Crippen molar-refractivity contribution in [2.45, 2.75) is 64.9 Å². The van der Waals surface area contributed by atoms with Crippen LogP contribution in [0.15, 0.2) is 12.4 Å². The summed E-state index contributed by atoms with van der Waals surface area (Å²) >= 11 is 0. The summed E-state index contributed by atoms with van der Waals surface area (Å²) in [6.07, 6.45) is 6.82. The molecule has 3 heterocycles. The smallest absolute Gasteiger partial charge is 0.266 e. The molecular weight excluding hydrogens is 354 g/mol. The molecule has 1 fully saturated rings. The Balaban J connectivity index is 1.52. The summed E-state index contributed by atoms with van der Waals surface area (Å²) in [5.74, 6) is 2.59. The number of nitrogens with zero attached hydrogens (tertiary/aromatic N) is 2. The minimum atomic E-state index is -0.856. The Bertz CT molecular complexity index is 898. The summed E-state index contributed by atoms with van der Waals surface area (Å²) < 4.78 is 6.36. The number of carbonyl (C=O) groups is 1. The van der Waals surface area contributed by atoms with Gasteiger partial charge >= 0.3 is 0 Å². The Morgan fingerprint density at radius 1 is 1.25 bits per heavy atom. The van der Waals surface area contributed by atoms with Crippen LogP contribution in [0.3, 0.4) is 0 Å². The molecule has 2 aromatic rings. The molecule has 1 amide bonds. The number of H-pyrrole nitrogens is 1. The number of hydrogen-bond acceptors (Lipinski definition) is 4. The molecule has 0 saturated carbocycles. The lowest BCUT2D eigenvalue weighted by Crippen LogP contribution is -2.54. The number of aromatic amines is 1. The summed E-state index contributed by atoms with van der Waals surface area (Å²) in [5.41, 5.74) is 2.79. The van der Waals surface area contributed by atoms with Gasteiger partial charge in [-0.3, -0.25) is 4.79 Å². The first kappa shape index (κ1) is 18.8. The molecule has 6 nitrogen and oxygen atoms in total. The number of piperidine rings is 1. The normalized spacial score (nSPS) is 22.6. The van der Waals surface area contributed by atoms with Crippen LogP contribution in [-0.4, -0.2) is 44.6 Å². The molecule has 4 rings (SSSR count). The highest BCUT2D eigenvalue weighted by molar-refractivity contribution is 5.86. The topological polar surface area (TPSA) is 78.5 Å². The Hall–Kier alpha value is -2.50. The van der Waals surface area contributed by atoms with Crippen molar-refractivity contribution in [3.05, 3.63) is 40.5 Å². The molecule has 2 aliphatic rings. The van der Waals surface area contributed by atoms with Gasteiger partial charge in [0.05, 0.1) is 0 Å². The van der Waals surface area contributed by atoms with Gasteiger partial charge in [-0.25, -0.2) is 4.98 Å². The van der Waals surface area contributed by atoms with Crippen LogP contribution in [0.2, 0.25) is 0 Å². The van der Waals surface area contributed by atoms with Crippen LogP contribution in [0, 0.1) is 20.8 Å². The van der Waals surface area contributed by atoms with Crippen molar-refractivity contribution >= 4 is 5.91 Å². The first-order valence-corrected chi connectivity index (χ1v) is 10.1. The van der Waals surface area contributed by atoms with E-state index in [4.69, 9.17) is 4.74 Å². The third-order valence-electron chi connectivity index (χ3n) is 6.66. The van der Waals surface area contributed by atoms with Crippen LogP contribution in [0.5, 0.6) is 11.5 Å². The molecule has 0 aliphatic carbocycles. The van der Waals surface area contributed by atoms with Crippen molar-refractivity contribution in [3.63, 3.8) is 0 Å². The lowest BCUT2D eigenvalue weighted by atomic mass is 9.85. The highest BCUT2D eigenvalue weighted by atomic mass is 16.5.